The molecular formula is C14H28N2O. The number of methoxy groups -OCH3 is 1. The van der Waals surface area contributed by atoms with E-state index in [2.05, 4.69) is 11.8 Å². The van der Waals surface area contributed by atoms with Crippen molar-refractivity contribution in [3.05, 3.63) is 0 Å². The summed E-state index contributed by atoms with van der Waals surface area (Å²) >= 11 is 0. The Morgan fingerprint density at radius 1 is 1.18 bits per heavy atom. The molecule has 4 unspecified atom stereocenters. The molecule has 0 aromatic carbocycles. The van der Waals surface area contributed by atoms with E-state index in [1.165, 1.54) is 51.5 Å². The van der Waals surface area contributed by atoms with Crippen LogP contribution in [0.1, 0.15) is 51.9 Å². The number of ether oxygens (including phenoxy) is 1. The van der Waals surface area contributed by atoms with Gasteiger partial charge in [-0.25, -0.2) is 0 Å². The molecule has 1 saturated heterocycles. The zero-order chi connectivity index (χ0) is 12.3. The second kappa shape index (κ2) is 6.17. The van der Waals surface area contributed by atoms with Gasteiger partial charge in [-0.15, -0.1) is 0 Å². The number of nitrogens with two attached hydrogens (primary N) is 1. The first-order valence-electron chi connectivity index (χ1n) is 7.26. The van der Waals surface area contributed by atoms with Gasteiger partial charge in [-0.1, -0.05) is 6.42 Å². The van der Waals surface area contributed by atoms with Crippen LogP contribution in [0.15, 0.2) is 0 Å². The molecule has 3 nitrogen and oxygen atoms in total. The number of piperidine rings is 1. The SMILES string of the molecule is COC1CCCC(N2CCCCC2C(C)N)C1. The molecule has 2 fully saturated rings. The maximum Gasteiger partial charge on any atom is 0.0586 e. The summed E-state index contributed by atoms with van der Waals surface area (Å²) < 4.78 is 5.55. The predicted octanol–water partition coefficient (Wildman–Crippen LogP) is 2.15. The Kier molecular flexibility index (Phi) is 4.83. The molecular weight excluding hydrogens is 212 g/mol. The summed E-state index contributed by atoms with van der Waals surface area (Å²) in [5.74, 6) is 0. The van der Waals surface area contributed by atoms with Crippen molar-refractivity contribution in [1.82, 2.24) is 4.90 Å². The van der Waals surface area contributed by atoms with Gasteiger partial charge in [0, 0.05) is 25.2 Å². The lowest BCUT2D eigenvalue weighted by Gasteiger charge is -2.45. The van der Waals surface area contributed by atoms with Crippen LogP contribution in [0.5, 0.6) is 0 Å². The minimum atomic E-state index is 0.304. The molecule has 0 amide bonds. The van der Waals surface area contributed by atoms with Crippen molar-refractivity contribution in [3.63, 3.8) is 0 Å². The van der Waals surface area contributed by atoms with Crippen LogP contribution < -0.4 is 5.73 Å². The number of hydrogen-bond acceptors (Lipinski definition) is 3. The minimum absolute atomic E-state index is 0.304. The average molecular weight is 240 g/mol. The summed E-state index contributed by atoms with van der Waals surface area (Å²) in [5.41, 5.74) is 6.16. The van der Waals surface area contributed by atoms with Gasteiger partial charge in [0.1, 0.15) is 0 Å². The Labute approximate surface area is 106 Å². The Morgan fingerprint density at radius 3 is 2.71 bits per heavy atom. The summed E-state index contributed by atoms with van der Waals surface area (Å²) in [6.45, 7) is 3.41. The van der Waals surface area contributed by atoms with Gasteiger partial charge in [-0.05, 0) is 52.0 Å². The Balaban J connectivity index is 1.98. The van der Waals surface area contributed by atoms with Crippen LogP contribution in [0.3, 0.4) is 0 Å². The zero-order valence-corrected chi connectivity index (χ0v) is 11.4. The highest BCUT2D eigenvalue weighted by atomic mass is 16.5. The van der Waals surface area contributed by atoms with Crippen LogP contribution in [-0.4, -0.2) is 42.8 Å². The number of rotatable bonds is 3. The van der Waals surface area contributed by atoms with Crippen molar-refractivity contribution in [1.29, 1.82) is 0 Å². The summed E-state index contributed by atoms with van der Waals surface area (Å²) in [6.07, 6.45) is 9.55. The molecule has 0 radical (unpaired) electrons. The summed E-state index contributed by atoms with van der Waals surface area (Å²) in [4.78, 5) is 2.69. The standard InChI is InChI=1S/C14H28N2O/c1-11(15)14-8-3-4-9-16(14)12-6-5-7-13(10-12)17-2/h11-14H,3-10,15H2,1-2H3. The zero-order valence-electron chi connectivity index (χ0n) is 11.4. The van der Waals surface area contributed by atoms with E-state index in [1.807, 2.05) is 7.11 Å². The van der Waals surface area contributed by atoms with Gasteiger partial charge in [-0.2, -0.15) is 0 Å². The monoisotopic (exact) mass is 240 g/mol. The van der Waals surface area contributed by atoms with Crippen LogP contribution in [-0.2, 0) is 4.74 Å². The van der Waals surface area contributed by atoms with Crippen molar-refractivity contribution in [2.45, 2.75) is 76.1 Å². The van der Waals surface area contributed by atoms with Crippen LogP contribution in [0.25, 0.3) is 0 Å². The molecule has 0 aromatic rings. The molecule has 1 aliphatic carbocycles. The lowest BCUT2D eigenvalue weighted by atomic mass is 9.87. The molecule has 0 spiro atoms. The molecule has 4 atom stereocenters. The minimum Gasteiger partial charge on any atom is -0.381 e. The quantitative estimate of drug-likeness (QED) is 0.821. The molecule has 1 aliphatic heterocycles. The van der Waals surface area contributed by atoms with Crippen LogP contribution >= 0.6 is 0 Å². The van der Waals surface area contributed by atoms with Crippen molar-refractivity contribution >= 4 is 0 Å². The van der Waals surface area contributed by atoms with E-state index in [-0.39, 0.29) is 0 Å². The smallest absolute Gasteiger partial charge is 0.0586 e. The first-order chi connectivity index (χ1) is 8.22. The highest BCUT2D eigenvalue weighted by molar-refractivity contribution is 4.90. The van der Waals surface area contributed by atoms with E-state index >= 15 is 0 Å². The van der Waals surface area contributed by atoms with Gasteiger partial charge in [0.15, 0.2) is 0 Å². The first-order valence-corrected chi connectivity index (χ1v) is 7.26. The van der Waals surface area contributed by atoms with E-state index < -0.39 is 0 Å². The molecule has 1 saturated carbocycles. The van der Waals surface area contributed by atoms with Gasteiger partial charge < -0.3 is 10.5 Å². The lowest BCUT2D eigenvalue weighted by Crippen LogP contribution is -2.54. The van der Waals surface area contributed by atoms with Crippen LogP contribution in [0.2, 0.25) is 0 Å². The molecule has 2 N–H and O–H groups in total. The molecule has 2 rings (SSSR count). The van der Waals surface area contributed by atoms with E-state index in [4.69, 9.17) is 10.5 Å². The normalized spacial score (nSPS) is 37.9. The van der Waals surface area contributed by atoms with Crippen molar-refractivity contribution in [2.75, 3.05) is 13.7 Å². The Morgan fingerprint density at radius 2 is 2.00 bits per heavy atom. The van der Waals surface area contributed by atoms with Crippen molar-refractivity contribution in [2.24, 2.45) is 5.73 Å². The maximum absolute atomic E-state index is 6.16. The largest absolute Gasteiger partial charge is 0.381 e. The summed E-state index contributed by atoms with van der Waals surface area (Å²) in [5, 5.41) is 0. The predicted molar refractivity (Wildman–Crippen MR) is 71.0 cm³/mol. The first kappa shape index (κ1) is 13.3. The van der Waals surface area contributed by atoms with Gasteiger partial charge in [0.05, 0.1) is 6.10 Å². The molecule has 2 aliphatic rings. The summed E-state index contributed by atoms with van der Waals surface area (Å²) in [7, 11) is 1.85. The summed E-state index contributed by atoms with van der Waals surface area (Å²) in [6, 6.07) is 1.62. The fraction of sp³-hybridized carbons (Fsp3) is 1.00. The third-order valence-electron chi connectivity index (χ3n) is 4.60. The highest BCUT2D eigenvalue weighted by Crippen LogP contribution is 2.30. The van der Waals surface area contributed by atoms with Gasteiger partial charge >= 0.3 is 0 Å². The average Bonchev–Trinajstić information content (AvgIpc) is 2.39. The van der Waals surface area contributed by atoms with E-state index in [9.17, 15) is 0 Å². The Bertz CT molecular complexity index is 232. The van der Waals surface area contributed by atoms with Crippen molar-refractivity contribution < 1.29 is 4.74 Å². The molecule has 17 heavy (non-hydrogen) atoms. The second-order valence-electron chi connectivity index (χ2n) is 5.84. The van der Waals surface area contributed by atoms with E-state index in [1.54, 1.807) is 0 Å². The fourth-order valence-corrected chi connectivity index (χ4v) is 3.63. The molecule has 3 heteroatoms. The van der Waals surface area contributed by atoms with Crippen molar-refractivity contribution in [3.8, 4) is 0 Å². The van der Waals surface area contributed by atoms with Gasteiger partial charge in [0.2, 0.25) is 0 Å². The topological polar surface area (TPSA) is 38.5 Å². The number of nitrogens with zero attached hydrogens (tertiary/aromatic N) is 1. The fourth-order valence-electron chi connectivity index (χ4n) is 3.63. The Hall–Kier alpha value is -0.120. The second-order valence-corrected chi connectivity index (χ2v) is 5.84. The molecule has 100 valence electrons. The number of likely N-dealkylation sites (tertiary alicyclic amines) is 1. The lowest BCUT2D eigenvalue weighted by molar-refractivity contribution is -0.000227. The van der Waals surface area contributed by atoms with E-state index in [0.717, 1.165) is 0 Å². The van der Waals surface area contributed by atoms with Crippen LogP contribution in [0, 0.1) is 0 Å². The molecule has 1 heterocycles. The molecule has 0 bridgehead atoms. The van der Waals surface area contributed by atoms with Crippen LogP contribution in [0.4, 0.5) is 0 Å². The maximum atomic E-state index is 6.16. The number of hydrogen-bond donors (Lipinski definition) is 1. The van der Waals surface area contributed by atoms with Gasteiger partial charge in [-0.3, -0.25) is 4.90 Å². The third-order valence-corrected chi connectivity index (χ3v) is 4.60. The molecule has 0 aromatic heterocycles. The highest BCUT2D eigenvalue weighted by Gasteiger charge is 2.33. The third kappa shape index (κ3) is 3.21. The van der Waals surface area contributed by atoms with E-state index in [0.29, 0.717) is 24.2 Å². The van der Waals surface area contributed by atoms with Gasteiger partial charge in [0.25, 0.3) is 0 Å².